The Morgan fingerprint density at radius 2 is 2.33 bits per heavy atom. The molecule has 1 aromatic carbocycles. The summed E-state index contributed by atoms with van der Waals surface area (Å²) in [7, 11) is 0. The number of anilines is 1. The fourth-order valence-corrected chi connectivity index (χ4v) is 2.27. The second kappa shape index (κ2) is 4.86. The quantitative estimate of drug-likeness (QED) is 0.758. The largest absolute Gasteiger partial charge is 0.398 e. The Morgan fingerprint density at radius 3 is 3.00 bits per heavy atom. The van der Waals surface area contributed by atoms with Crippen molar-refractivity contribution in [2.45, 2.75) is 19.3 Å². The highest BCUT2D eigenvalue weighted by atomic mass is 35.5. The van der Waals surface area contributed by atoms with Gasteiger partial charge in [-0.3, -0.25) is 0 Å². The molecule has 0 bridgehead atoms. The molecule has 82 valence electrons. The summed E-state index contributed by atoms with van der Waals surface area (Å²) in [6, 6.07) is 5.96. The molecule has 0 radical (unpaired) electrons. The van der Waals surface area contributed by atoms with E-state index in [1.54, 1.807) is 0 Å². The Balaban J connectivity index is 2.00. The molecule has 1 fully saturated rings. The summed E-state index contributed by atoms with van der Waals surface area (Å²) >= 11 is 5.89. The standard InChI is InChI=1S/C12H17ClN2/c13-11-4-3-9(7-12(11)14)6-10-2-1-5-15-8-10/h3-4,7,10,15H,1-2,5-6,8,14H2. The van der Waals surface area contributed by atoms with Crippen LogP contribution in [0.15, 0.2) is 18.2 Å². The lowest BCUT2D eigenvalue weighted by atomic mass is 9.92. The second-order valence-corrected chi connectivity index (χ2v) is 4.68. The molecular weight excluding hydrogens is 208 g/mol. The van der Waals surface area contributed by atoms with Gasteiger partial charge in [-0.15, -0.1) is 0 Å². The van der Waals surface area contributed by atoms with Crippen molar-refractivity contribution in [1.29, 1.82) is 0 Å². The number of hydrogen-bond donors (Lipinski definition) is 2. The molecule has 3 N–H and O–H groups in total. The zero-order valence-corrected chi connectivity index (χ0v) is 9.56. The Bertz CT molecular complexity index is 332. The van der Waals surface area contributed by atoms with Crippen LogP contribution in [0.25, 0.3) is 0 Å². The van der Waals surface area contributed by atoms with E-state index in [0.29, 0.717) is 10.7 Å². The van der Waals surface area contributed by atoms with Crippen LogP contribution in [0.2, 0.25) is 5.02 Å². The molecule has 0 aromatic heterocycles. The van der Waals surface area contributed by atoms with Crippen LogP contribution in [0.4, 0.5) is 5.69 Å². The van der Waals surface area contributed by atoms with E-state index < -0.39 is 0 Å². The summed E-state index contributed by atoms with van der Waals surface area (Å²) < 4.78 is 0. The molecule has 1 atom stereocenters. The average Bonchev–Trinajstić information content (AvgIpc) is 2.25. The molecule has 3 heteroatoms. The zero-order valence-electron chi connectivity index (χ0n) is 8.80. The lowest BCUT2D eigenvalue weighted by Crippen LogP contribution is -2.30. The van der Waals surface area contributed by atoms with Crippen molar-refractivity contribution >= 4 is 17.3 Å². The Morgan fingerprint density at radius 1 is 1.47 bits per heavy atom. The Kier molecular flexibility index (Phi) is 3.49. The highest BCUT2D eigenvalue weighted by molar-refractivity contribution is 6.33. The first-order chi connectivity index (χ1) is 7.25. The molecule has 0 saturated carbocycles. The van der Waals surface area contributed by atoms with Gasteiger partial charge in [0.2, 0.25) is 0 Å². The topological polar surface area (TPSA) is 38.0 Å². The predicted octanol–water partition coefficient (Wildman–Crippen LogP) is 2.46. The third kappa shape index (κ3) is 2.86. The number of piperidine rings is 1. The van der Waals surface area contributed by atoms with Crippen LogP contribution >= 0.6 is 11.6 Å². The van der Waals surface area contributed by atoms with Crippen molar-refractivity contribution in [2.75, 3.05) is 18.8 Å². The fraction of sp³-hybridized carbons (Fsp3) is 0.500. The first-order valence-electron chi connectivity index (χ1n) is 5.50. The monoisotopic (exact) mass is 224 g/mol. The molecule has 1 heterocycles. The van der Waals surface area contributed by atoms with E-state index >= 15 is 0 Å². The molecule has 0 amide bonds. The molecular formula is C12H17ClN2. The first kappa shape index (κ1) is 10.8. The maximum Gasteiger partial charge on any atom is 0.0635 e. The van der Waals surface area contributed by atoms with E-state index in [1.165, 1.54) is 24.9 Å². The number of nitrogens with one attached hydrogen (secondary N) is 1. The van der Waals surface area contributed by atoms with E-state index in [2.05, 4.69) is 11.4 Å². The second-order valence-electron chi connectivity index (χ2n) is 4.27. The number of halogens is 1. The van der Waals surface area contributed by atoms with Crippen molar-refractivity contribution in [2.24, 2.45) is 5.92 Å². The number of rotatable bonds is 2. The van der Waals surface area contributed by atoms with Crippen LogP contribution in [-0.4, -0.2) is 13.1 Å². The van der Waals surface area contributed by atoms with E-state index in [1.807, 2.05) is 12.1 Å². The van der Waals surface area contributed by atoms with Gasteiger partial charge in [0.25, 0.3) is 0 Å². The average molecular weight is 225 g/mol. The highest BCUT2D eigenvalue weighted by Crippen LogP contribution is 2.23. The van der Waals surface area contributed by atoms with Gasteiger partial charge in [0, 0.05) is 0 Å². The van der Waals surface area contributed by atoms with E-state index in [0.717, 1.165) is 18.9 Å². The maximum atomic E-state index is 5.89. The Hall–Kier alpha value is -0.730. The van der Waals surface area contributed by atoms with Crippen LogP contribution in [0.3, 0.4) is 0 Å². The summed E-state index contributed by atoms with van der Waals surface area (Å²) in [6.07, 6.45) is 3.71. The van der Waals surface area contributed by atoms with Gasteiger partial charge in [-0.05, 0) is 56.0 Å². The molecule has 1 aromatic rings. The third-order valence-electron chi connectivity index (χ3n) is 2.98. The lowest BCUT2D eigenvalue weighted by Gasteiger charge is -2.22. The van der Waals surface area contributed by atoms with Crippen molar-refractivity contribution < 1.29 is 0 Å². The van der Waals surface area contributed by atoms with Crippen molar-refractivity contribution in [3.05, 3.63) is 28.8 Å². The first-order valence-corrected chi connectivity index (χ1v) is 5.88. The molecule has 2 nitrogen and oxygen atoms in total. The summed E-state index contributed by atoms with van der Waals surface area (Å²) in [5.74, 6) is 0.749. The summed E-state index contributed by atoms with van der Waals surface area (Å²) in [6.45, 7) is 2.29. The zero-order chi connectivity index (χ0) is 10.7. The summed E-state index contributed by atoms with van der Waals surface area (Å²) in [5.41, 5.74) is 7.77. The van der Waals surface area contributed by atoms with E-state index in [9.17, 15) is 0 Å². The minimum absolute atomic E-state index is 0.653. The van der Waals surface area contributed by atoms with Gasteiger partial charge >= 0.3 is 0 Å². The van der Waals surface area contributed by atoms with Crippen LogP contribution in [0.1, 0.15) is 18.4 Å². The van der Waals surface area contributed by atoms with Crippen molar-refractivity contribution in [3.63, 3.8) is 0 Å². The number of nitrogen functional groups attached to an aromatic ring is 1. The third-order valence-corrected chi connectivity index (χ3v) is 3.33. The number of benzene rings is 1. The van der Waals surface area contributed by atoms with Crippen LogP contribution in [0.5, 0.6) is 0 Å². The van der Waals surface area contributed by atoms with Crippen molar-refractivity contribution in [3.8, 4) is 0 Å². The Labute approximate surface area is 95.8 Å². The van der Waals surface area contributed by atoms with Gasteiger partial charge in [-0.1, -0.05) is 17.7 Å². The molecule has 15 heavy (non-hydrogen) atoms. The summed E-state index contributed by atoms with van der Waals surface area (Å²) in [4.78, 5) is 0. The lowest BCUT2D eigenvalue weighted by molar-refractivity contribution is 0.376. The number of hydrogen-bond acceptors (Lipinski definition) is 2. The molecule has 1 saturated heterocycles. The molecule has 2 rings (SSSR count). The van der Waals surface area contributed by atoms with Gasteiger partial charge in [0.1, 0.15) is 0 Å². The smallest absolute Gasteiger partial charge is 0.0635 e. The minimum Gasteiger partial charge on any atom is -0.398 e. The van der Waals surface area contributed by atoms with Crippen LogP contribution in [-0.2, 0) is 6.42 Å². The van der Waals surface area contributed by atoms with Gasteiger partial charge in [0.05, 0.1) is 10.7 Å². The maximum absolute atomic E-state index is 5.89. The minimum atomic E-state index is 0.653. The molecule has 0 aliphatic carbocycles. The normalized spacial score (nSPS) is 21.5. The predicted molar refractivity (Wildman–Crippen MR) is 65.2 cm³/mol. The van der Waals surface area contributed by atoms with Gasteiger partial charge in [0.15, 0.2) is 0 Å². The van der Waals surface area contributed by atoms with Crippen LogP contribution in [0, 0.1) is 5.92 Å². The number of nitrogens with two attached hydrogens (primary N) is 1. The highest BCUT2D eigenvalue weighted by Gasteiger charge is 2.13. The SMILES string of the molecule is Nc1cc(CC2CCCNC2)ccc1Cl. The van der Waals surface area contributed by atoms with Gasteiger partial charge in [-0.2, -0.15) is 0 Å². The molecule has 0 spiro atoms. The van der Waals surface area contributed by atoms with Gasteiger partial charge < -0.3 is 11.1 Å². The van der Waals surface area contributed by atoms with E-state index in [-0.39, 0.29) is 0 Å². The van der Waals surface area contributed by atoms with Gasteiger partial charge in [-0.25, -0.2) is 0 Å². The van der Waals surface area contributed by atoms with E-state index in [4.69, 9.17) is 17.3 Å². The molecule has 1 aliphatic heterocycles. The van der Waals surface area contributed by atoms with Crippen molar-refractivity contribution in [1.82, 2.24) is 5.32 Å². The summed E-state index contributed by atoms with van der Waals surface area (Å²) in [5, 5.41) is 4.08. The molecule has 1 aliphatic rings. The van der Waals surface area contributed by atoms with Crippen LogP contribution < -0.4 is 11.1 Å². The fourth-order valence-electron chi connectivity index (χ4n) is 2.15. The molecule has 1 unspecified atom stereocenters.